The second-order valence-electron chi connectivity index (χ2n) is 4.95. The first kappa shape index (κ1) is 17.2. The second-order valence-corrected chi connectivity index (χ2v) is 5.34. The Bertz CT molecular complexity index is 643. The molecule has 0 aliphatic rings. The van der Waals surface area contributed by atoms with Crippen LogP contribution < -0.4 is 10.6 Å². The molecule has 1 aromatic heterocycles. The number of rotatable bonds is 6. The Hall–Kier alpha value is -2.14. The maximum absolute atomic E-state index is 13.6. The van der Waals surface area contributed by atoms with E-state index in [0.29, 0.717) is 36.2 Å². The zero-order valence-electron chi connectivity index (χ0n) is 13.0. The molecule has 6 heteroatoms. The number of hydrogen-bond acceptors (Lipinski definition) is 2. The fourth-order valence-corrected chi connectivity index (χ4v) is 2.14. The molecule has 2 rings (SSSR count). The van der Waals surface area contributed by atoms with E-state index in [4.69, 9.17) is 11.6 Å². The Morgan fingerprint density at radius 1 is 1.22 bits per heavy atom. The number of guanidine groups is 1. The summed E-state index contributed by atoms with van der Waals surface area (Å²) in [5, 5.41) is 6.83. The third kappa shape index (κ3) is 5.87. The van der Waals surface area contributed by atoms with Crippen molar-refractivity contribution < 1.29 is 4.39 Å². The first-order valence-corrected chi connectivity index (χ1v) is 7.93. The minimum atomic E-state index is -0.177. The lowest BCUT2D eigenvalue weighted by atomic mass is 10.1. The van der Waals surface area contributed by atoms with Gasteiger partial charge in [-0.2, -0.15) is 0 Å². The van der Waals surface area contributed by atoms with Crippen LogP contribution in [0.4, 0.5) is 4.39 Å². The van der Waals surface area contributed by atoms with Crippen molar-refractivity contribution in [1.82, 2.24) is 15.6 Å². The van der Waals surface area contributed by atoms with Crippen LogP contribution in [-0.4, -0.2) is 24.0 Å². The van der Waals surface area contributed by atoms with Crippen LogP contribution in [0.3, 0.4) is 0 Å². The molecule has 1 aromatic carbocycles. The molecule has 0 aliphatic heterocycles. The molecule has 0 fully saturated rings. The van der Waals surface area contributed by atoms with Crippen LogP contribution in [-0.2, 0) is 13.0 Å². The molecule has 0 spiro atoms. The molecule has 122 valence electrons. The number of pyridine rings is 1. The Labute approximate surface area is 140 Å². The molecule has 0 radical (unpaired) electrons. The molecule has 0 unspecified atom stereocenters. The van der Waals surface area contributed by atoms with E-state index < -0.39 is 0 Å². The SMILES string of the molecule is CCNC(=NCc1ccc(Cl)nc1)NCCc1ccccc1F. The van der Waals surface area contributed by atoms with Crippen molar-refractivity contribution in [3.8, 4) is 0 Å². The quantitative estimate of drug-likeness (QED) is 0.484. The van der Waals surface area contributed by atoms with E-state index in [-0.39, 0.29) is 5.82 Å². The zero-order valence-corrected chi connectivity index (χ0v) is 13.8. The van der Waals surface area contributed by atoms with Gasteiger partial charge in [-0.25, -0.2) is 14.4 Å². The van der Waals surface area contributed by atoms with Crippen LogP contribution in [0.15, 0.2) is 47.6 Å². The van der Waals surface area contributed by atoms with Gasteiger partial charge in [-0.3, -0.25) is 0 Å². The molecule has 0 atom stereocenters. The van der Waals surface area contributed by atoms with E-state index in [1.807, 2.05) is 19.1 Å². The van der Waals surface area contributed by atoms with Gasteiger partial charge in [0.1, 0.15) is 11.0 Å². The minimum absolute atomic E-state index is 0.177. The number of aliphatic imine (C=N–C) groups is 1. The Morgan fingerprint density at radius 3 is 2.74 bits per heavy atom. The lowest BCUT2D eigenvalue weighted by Gasteiger charge is -2.11. The maximum Gasteiger partial charge on any atom is 0.191 e. The average molecular weight is 335 g/mol. The Balaban J connectivity index is 1.89. The van der Waals surface area contributed by atoms with Crippen molar-refractivity contribution in [2.75, 3.05) is 13.1 Å². The van der Waals surface area contributed by atoms with Crippen molar-refractivity contribution in [3.63, 3.8) is 0 Å². The molecule has 2 N–H and O–H groups in total. The summed E-state index contributed by atoms with van der Waals surface area (Å²) in [6.45, 7) is 3.85. The van der Waals surface area contributed by atoms with Gasteiger partial charge < -0.3 is 10.6 Å². The maximum atomic E-state index is 13.6. The second kappa shape index (κ2) is 9.10. The lowest BCUT2D eigenvalue weighted by molar-refractivity contribution is 0.606. The largest absolute Gasteiger partial charge is 0.357 e. The van der Waals surface area contributed by atoms with Gasteiger partial charge in [0.05, 0.1) is 6.54 Å². The van der Waals surface area contributed by atoms with Crippen LogP contribution in [0.5, 0.6) is 0 Å². The van der Waals surface area contributed by atoms with Crippen LogP contribution in [0.2, 0.25) is 5.15 Å². The summed E-state index contributed by atoms with van der Waals surface area (Å²) >= 11 is 5.76. The van der Waals surface area contributed by atoms with Gasteiger partial charge in [-0.15, -0.1) is 0 Å². The minimum Gasteiger partial charge on any atom is -0.357 e. The third-order valence-corrected chi connectivity index (χ3v) is 3.42. The summed E-state index contributed by atoms with van der Waals surface area (Å²) in [7, 11) is 0. The van der Waals surface area contributed by atoms with Crippen molar-refractivity contribution in [3.05, 3.63) is 64.7 Å². The smallest absolute Gasteiger partial charge is 0.191 e. The highest BCUT2D eigenvalue weighted by molar-refractivity contribution is 6.29. The number of hydrogen-bond donors (Lipinski definition) is 2. The summed E-state index contributed by atoms with van der Waals surface area (Å²) in [6, 6.07) is 10.4. The number of nitrogens with zero attached hydrogens (tertiary/aromatic N) is 2. The number of aromatic nitrogens is 1. The monoisotopic (exact) mass is 334 g/mol. The topological polar surface area (TPSA) is 49.3 Å². The molecule has 0 amide bonds. The average Bonchev–Trinajstić information content (AvgIpc) is 2.56. The molecule has 0 saturated heterocycles. The van der Waals surface area contributed by atoms with Gasteiger partial charge in [0.2, 0.25) is 0 Å². The number of nitrogens with one attached hydrogen (secondary N) is 2. The van der Waals surface area contributed by atoms with E-state index in [0.717, 1.165) is 12.1 Å². The highest BCUT2D eigenvalue weighted by Crippen LogP contribution is 2.07. The summed E-state index contributed by atoms with van der Waals surface area (Å²) in [5.41, 5.74) is 1.67. The molecule has 2 aromatic rings. The van der Waals surface area contributed by atoms with Gasteiger partial charge in [0, 0.05) is 19.3 Å². The Kier molecular flexibility index (Phi) is 6.81. The summed E-state index contributed by atoms with van der Waals surface area (Å²) in [4.78, 5) is 8.51. The van der Waals surface area contributed by atoms with Gasteiger partial charge in [0.25, 0.3) is 0 Å². The van der Waals surface area contributed by atoms with Crippen LogP contribution in [0, 0.1) is 5.82 Å². The van der Waals surface area contributed by atoms with Crippen molar-refractivity contribution in [2.24, 2.45) is 4.99 Å². The first-order chi connectivity index (χ1) is 11.2. The van der Waals surface area contributed by atoms with E-state index >= 15 is 0 Å². The predicted molar refractivity (Wildman–Crippen MR) is 92.2 cm³/mol. The predicted octanol–water partition coefficient (Wildman–Crippen LogP) is 3.17. The molecule has 0 saturated carbocycles. The van der Waals surface area contributed by atoms with E-state index in [1.54, 1.807) is 24.4 Å². The third-order valence-electron chi connectivity index (χ3n) is 3.20. The van der Waals surface area contributed by atoms with Crippen LogP contribution in [0.25, 0.3) is 0 Å². The fraction of sp³-hybridized carbons (Fsp3) is 0.294. The van der Waals surface area contributed by atoms with Crippen molar-refractivity contribution in [1.29, 1.82) is 0 Å². The van der Waals surface area contributed by atoms with Gasteiger partial charge >= 0.3 is 0 Å². The van der Waals surface area contributed by atoms with E-state index in [9.17, 15) is 4.39 Å². The number of benzene rings is 1. The summed E-state index contributed by atoms with van der Waals surface area (Å²) in [5.74, 6) is 0.516. The molecule has 1 heterocycles. The highest BCUT2D eigenvalue weighted by Gasteiger charge is 2.02. The molecule has 23 heavy (non-hydrogen) atoms. The van der Waals surface area contributed by atoms with E-state index in [2.05, 4.69) is 20.6 Å². The zero-order chi connectivity index (χ0) is 16.5. The molecule has 0 aliphatic carbocycles. The van der Waals surface area contributed by atoms with Crippen LogP contribution >= 0.6 is 11.6 Å². The van der Waals surface area contributed by atoms with Gasteiger partial charge in [-0.1, -0.05) is 35.9 Å². The van der Waals surface area contributed by atoms with Crippen molar-refractivity contribution >= 4 is 17.6 Å². The Morgan fingerprint density at radius 2 is 2.04 bits per heavy atom. The van der Waals surface area contributed by atoms with Gasteiger partial charge in [0.15, 0.2) is 5.96 Å². The molecule has 0 bridgehead atoms. The van der Waals surface area contributed by atoms with E-state index in [1.165, 1.54) is 6.07 Å². The fourth-order valence-electron chi connectivity index (χ4n) is 2.03. The summed E-state index contributed by atoms with van der Waals surface area (Å²) in [6.07, 6.45) is 2.30. The van der Waals surface area contributed by atoms with Crippen LogP contribution in [0.1, 0.15) is 18.1 Å². The molecular formula is C17H20ClFN4. The normalized spacial score (nSPS) is 11.3. The van der Waals surface area contributed by atoms with Gasteiger partial charge in [-0.05, 0) is 36.6 Å². The standard InChI is InChI=1S/C17H20ClFN4/c1-2-20-17(23-12-13-7-8-16(18)22-11-13)21-10-9-14-5-3-4-6-15(14)19/h3-8,11H,2,9-10,12H2,1H3,(H2,20,21,23). The van der Waals surface area contributed by atoms with Crippen molar-refractivity contribution in [2.45, 2.75) is 19.9 Å². The first-order valence-electron chi connectivity index (χ1n) is 7.55. The summed E-state index contributed by atoms with van der Waals surface area (Å²) < 4.78 is 13.6. The highest BCUT2D eigenvalue weighted by atomic mass is 35.5. The number of halogens is 2. The lowest BCUT2D eigenvalue weighted by Crippen LogP contribution is -2.38. The molecule has 4 nitrogen and oxygen atoms in total. The molecular weight excluding hydrogens is 315 g/mol.